The molecule has 0 aliphatic rings. The molecule has 130 valence electrons. The molecular weight excluding hydrogens is 326 g/mol. The first-order valence-electron chi connectivity index (χ1n) is 8.22. The van der Waals surface area contributed by atoms with Crippen molar-refractivity contribution in [1.82, 2.24) is 19.5 Å². The maximum atomic E-state index is 5.89. The van der Waals surface area contributed by atoms with Crippen molar-refractivity contribution in [3.8, 4) is 0 Å². The molecule has 7 heteroatoms. The van der Waals surface area contributed by atoms with Crippen molar-refractivity contribution in [3.05, 3.63) is 60.8 Å². The van der Waals surface area contributed by atoms with Crippen LogP contribution in [0.1, 0.15) is 0 Å². The van der Waals surface area contributed by atoms with Crippen molar-refractivity contribution >= 4 is 40.1 Å². The highest BCUT2D eigenvalue weighted by molar-refractivity contribution is 5.83. The van der Waals surface area contributed by atoms with E-state index >= 15 is 0 Å². The number of nitrogens with two attached hydrogens (primary N) is 1. The normalized spacial score (nSPS) is 10.8. The van der Waals surface area contributed by atoms with E-state index in [1.807, 2.05) is 78.2 Å². The molecule has 0 fully saturated rings. The van der Waals surface area contributed by atoms with E-state index in [0.717, 1.165) is 28.2 Å². The molecule has 0 radical (unpaired) electrons. The van der Waals surface area contributed by atoms with E-state index < -0.39 is 0 Å². The highest BCUT2D eigenvalue weighted by atomic mass is 15.2. The van der Waals surface area contributed by atoms with Gasteiger partial charge in [-0.15, -0.1) is 0 Å². The zero-order chi connectivity index (χ0) is 18.1. The number of aromatic nitrogens is 4. The van der Waals surface area contributed by atoms with Crippen LogP contribution < -0.4 is 16.0 Å². The molecule has 26 heavy (non-hydrogen) atoms. The minimum absolute atomic E-state index is 0.496. The number of rotatable bonds is 4. The van der Waals surface area contributed by atoms with Crippen LogP contribution in [0.3, 0.4) is 0 Å². The first-order valence-corrected chi connectivity index (χ1v) is 8.22. The van der Waals surface area contributed by atoms with Gasteiger partial charge in [-0.2, -0.15) is 4.98 Å². The third-order valence-corrected chi connectivity index (χ3v) is 4.30. The molecule has 0 saturated carbocycles. The second-order valence-electron chi connectivity index (χ2n) is 5.99. The molecule has 3 N–H and O–H groups in total. The highest BCUT2D eigenvalue weighted by Crippen LogP contribution is 2.27. The Kier molecular flexibility index (Phi) is 3.89. The number of benzene rings is 2. The van der Waals surface area contributed by atoms with Crippen LogP contribution in [0.5, 0.6) is 0 Å². The minimum atomic E-state index is 0.496. The predicted octanol–water partition coefficient (Wildman–Crippen LogP) is 3.46. The molecule has 2 aromatic heterocycles. The van der Waals surface area contributed by atoms with Gasteiger partial charge in [-0.05, 0) is 36.4 Å². The summed E-state index contributed by atoms with van der Waals surface area (Å²) in [4.78, 5) is 15.3. The Morgan fingerprint density at radius 3 is 2.65 bits per heavy atom. The van der Waals surface area contributed by atoms with E-state index in [9.17, 15) is 0 Å². The lowest BCUT2D eigenvalue weighted by molar-refractivity contribution is 0.965. The van der Waals surface area contributed by atoms with Gasteiger partial charge in [0.2, 0.25) is 11.9 Å². The molecule has 0 saturated heterocycles. The van der Waals surface area contributed by atoms with Gasteiger partial charge in [0.1, 0.15) is 5.82 Å². The van der Waals surface area contributed by atoms with Crippen LogP contribution in [0, 0.1) is 0 Å². The van der Waals surface area contributed by atoms with Gasteiger partial charge in [-0.25, -0.2) is 9.97 Å². The summed E-state index contributed by atoms with van der Waals surface area (Å²) in [6.07, 6.45) is 1.74. The number of nitrogen functional groups attached to an aromatic ring is 1. The minimum Gasteiger partial charge on any atom is -0.369 e. The Morgan fingerprint density at radius 1 is 1.04 bits per heavy atom. The summed E-state index contributed by atoms with van der Waals surface area (Å²) >= 11 is 0. The van der Waals surface area contributed by atoms with Crippen molar-refractivity contribution in [2.24, 2.45) is 7.05 Å². The predicted molar refractivity (Wildman–Crippen MR) is 105 cm³/mol. The summed E-state index contributed by atoms with van der Waals surface area (Å²) in [6, 6.07) is 17.7. The molecule has 0 bridgehead atoms. The molecule has 0 aliphatic heterocycles. The summed E-state index contributed by atoms with van der Waals surface area (Å²) < 4.78 is 1.87. The number of imidazole rings is 1. The number of nitrogens with zero attached hydrogens (tertiary/aromatic N) is 5. The number of anilines is 5. The molecular formula is C19H19N7. The van der Waals surface area contributed by atoms with Crippen LogP contribution in [0.4, 0.5) is 29.1 Å². The van der Waals surface area contributed by atoms with Crippen LogP contribution in [-0.2, 0) is 7.05 Å². The topological polar surface area (TPSA) is 84.9 Å². The van der Waals surface area contributed by atoms with Gasteiger partial charge in [-0.3, -0.25) is 0 Å². The van der Waals surface area contributed by atoms with Gasteiger partial charge in [0, 0.05) is 31.7 Å². The number of aryl methyl sites for hydroxylation is 1. The van der Waals surface area contributed by atoms with Crippen molar-refractivity contribution in [3.63, 3.8) is 0 Å². The standard InChI is InChI=1S/C19H19N7/c1-25(14-8-9-16-15(12-14)23-18(20)26(16)2)17-10-11-21-19(24-17)22-13-6-4-3-5-7-13/h3-12H,1-2H3,(H2,20,23)(H,21,22,24). The number of nitrogens with one attached hydrogen (secondary N) is 1. The molecule has 4 aromatic rings. The Hall–Kier alpha value is -3.61. The van der Waals surface area contributed by atoms with Crippen LogP contribution in [0.25, 0.3) is 11.0 Å². The lowest BCUT2D eigenvalue weighted by Gasteiger charge is -2.19. The second-order valence-corrected chi connectivity index (χ2v) is 5.99. The van der Waals surface area contributed by atoms with Crippen molar-refractivity contribution < 1.29 is 0 Å². The monoisotopic (exact) mass is 345 g/mol. The quantitative estimate of drug-likeness (QED) is 0.589. The first kappa shape index (κ1) is 15.9. The van der Waals surface area contributed by atoms with E-state index in [1.165, 1.54) is 0 Å². The van der Waals surface area contributed by atoms with Crippen LogP contribution in [0.15, 0.2) is 60.8 Å². The lowest BCUT2D eigenvalue weighted by Crippen LogP contribution is -2.12. The maximum absolute atomic E-state index is 5.89. The molecule has 7 nitrogen and oxygen atoms in total. The van der Waals surface area contributed by atoms with Gasteiger partial charge < -0.3 is 20.5 Å². The van der Waals surface area contributed by atoms with Crippen molar-refractivity contribution in [1.29, 1.82) is 0 Å². The van der Waals surface area contributed by atoms with E-state index in [0.29, 0.717) is 11.9 Å². The van der Waals surface area contributed by atoms with E-state index in [-0.39, 0.29) is 0 Å². The number of hydrogen-bond donors (Lipinski definition) is 2. The van der Waals surface area contributed by atoms with Gasteiger partial charge >= 0.3 is 0 Å². The largest absolute Gasteiger partial charge is 0.369 e. The summed E-state index contributed by atoms with van der Waals surface area (Å²) in [7, 11) is 3.86. The number of para-hydroxylation sites is 1. The van der Waals surface area contributed by atoms with Gasteiger partial charge in [0.25, 0.3) is 0 Å². The molecule has 0 unspecified atom stereocenters. The molecule has 0 amide bonds. The summed E-state index contributed by atoms with van der Waals surface area (Å²) in [5.41, 5.74) is 9.65. The highest BCUT2D eigenvalue weighted by Gasteiger charge is 2.11. The Labute approximate surface area is 151 Å². The fourth-order valence-electron chi connectivity index (χ4n) is 2.79. The van der Waals surface area contributed by atoms with Gasteiger partial charge in [-0.1, -0.05) is 18.2 Å². The van der Waals surface area contributed by atoms with Crippen LogP contribution >= 0.6 is 0 Å². The smallest absolute Gasteiger partial charge is 0.229 e. The average molecular weight is 345 g/mol. The first-order chi connectivity index (χ1) is 12.6. The molecule has 2 heterocycles. The fourth-order valence-corrected chi connectivity index (χ4v) is 2.79. The van der Waals surface area contributed by atoms with Gasteiger partial charge in [0.05, 0.1) is 11.0 Å². The van der Waals surface area contributed by atoms with E-state index in [1.54, 1.807) is 6.20 Å². The third-order valence-electron chi connectivity index (χ3n) is 4.30. The summed E-state index contributed by atoms with van der Waals surface area (Å²) in [5.74, 6) is 1.82. The molecule has 4 rings (SSSR count). The number of fused-ring (bicyclic) bond motifs is 1. The summed E-state index contributed by atoms with van der Waals surface area (Å²) in [6.45, 7) is 0. The Bertz CT molecular complexity index is 1060. The van der Waals surface area contributed by atoms with Crippen LogP contribution in [-0.4, -0.2) is 26.6 Å². The zero-order valence-corrected chi connectivity index (χ0v) is 14.6. The lowest BCUT2D eigenvalue weighted by atomic mass is 10.2. The molecule has 0 spiro atoms. The molecule has 2 aromatic carbocycles. The van der Waals surface area contributed by atoms with Crippen molar-refractivity contribution in [2.45, 2.75) is 0 Å². The third kappa shape index (κ3) is 2.90. The Morgan fingerprint density at radius 2 is 1.85 bits per heavy atom. The second kappa shape index (κ2) is 6.36. The maximum Gasteiger partial charge on any atom is 0.229 e. The zero-order valence-electron chi connectivity index (χ0n) is 14.6. The summed E-state index contributed by atoms with van der Waals surface area (Å²) in [5, 5.41) is 3.21. The van der Waals surface area contributed by atoms with Crippen molar-refractivity contribution in [2.75, 3.05) is 23.0 Å². The average Bonchev–Trinajstić information content (AvgIpc) is 2.95. The SMILES string of the molecule is CN(c1ccc2c(c1)nc(N)n2C)c1ccnc(Nc2ccccc2)n1. The molecule has 0 aliphatic carbocycles. The Balaban J connectivity index is 1.63. The number of hydrogen-bond acceptors (Lipinski definition) is 6. The van der Waals surface area contributed by atoms with Crippen LogP contribution in [0.2, 0.25) is 0 Å². The molecule has 0 atom stereocenters. The van der Waals surface area contributed by atoms with E-state index in [2.05, 4.69) is 20.3 Å². The fraction of sp³-hybridized carbons (Fsp3) is 0.105. The van der Waals surface area contributed by atoms with Gasteiger partial charge in [0.15, 0.2) is 0 Å². The van der Waals surface area contributed by atoms with E-state index in [4.69, 9.17) is 5.73 Å².